The van der Waals surface area contributed by atoms with Crippen molar-refractivity contribution in [1.82, 2.24) is 10.2 Å². The second kappa shape index (κ2) is 8.41. The zero-order chi connectivity index (χ0) is 15.8. The molecule has 0 unspecified atom stereocenters. The fourth-order valence-corrected chi connectivity index (χ4v) is 2.66. The maximum absolute atomic E-state index is 12.1. The number of rotatable bonds is 5. The summed E-state index contributed by atoms with van der Waals surface area (Å²) in [5.74, 6) is 0.0980. The number of carbonyl (C=O) groups excluding carboxylic acids is 2. The van der Waals surface area contributed by atoms with Crippen LogP contribution in [0.5, 0.6) is 0 Å². The summed E-state index contributed by atoms with van der Waals surface area (Å²) in [4.78, 5) is 25.4. The van der Waals surface area contributed by atoms with Gasteiger partial charge in [0.2, 0.25) is 5.91 Å². The SMILES string of the molecule is CCOC(=O)N1CCC(C(=O)NCCc2ccccc2)CC1. The summed E-state index contributed by atoms with van der Waals surface area (Å²) in [5.41, 5.74) is 1.22. The zero-order valence-corrected chi connectivity index (χ0v) is 13.1. The highest BCUT2D eigenvalue weighted by molar-refractivity contribution is 5.79. The van der Waals surface area contributed by atoms with Gasteiger partial charge in [0, 0.05) is 25.6 Å². The molecule has 0 aliphatic carbocycles. The van der Waals surface area contributed by atoms with Crippen molar-refractivity contribution >= 4 is 12.0 Å². The van der Waals surface area contributed by atoms with Crippen LogP contribution < -0.4 is 5.32 Å². The van der Waals surface area contributed by atoms with Crippen LogP contribution in [-0.2, 0) is 16.0 Å². The van der Waals surface area contributed by atoms with E-state index in [1.54, 1.807) is 11.8 Å². The van der Waals surface area contributed by atoms with E-state index in [9.17, 15) is 9.59 Å². The Morgan fingerprint density at radius 2 is 1.91 bits per heavy atom. The van der Waals surface area contributed by atoms with Gasteiger partial charge in [-0.15, -0.1) is 0 Å². The number of hydrogen-bond acceptors (Lipinski definition) is 3. The van der Waals surface area contributed by atoms with Crippen molar-refractivity contribution in [2.24, 2.45) is 5.92 Å². The van der Waals surface area contributed by atoms with Gasteiger partial charge in [0.05, 0.1) is 6.61 Å². The minimum Gasteiger partial charge on any atom is -0.450 e. The van der Waals surface area contributed by atoms with E-state index in [2.05, 4.69) is 17.4 Å². The van der Waals surface area contributed by atoms with Gasteiger partial charge in [-0.3, -0.25) is 4.79 Å². The van der Waals surface area contributed by atoms with Gasteiger partial charge in [0.25, 0.3) is 0 Å². The average molecular weight is 304 g/mol. The van der Waals surface area contributed by atoms with E-state index < -0.39 is 0 Å². The smallest absolute Gasteiger partial charge is 0.409 e. The number of ether oxygens (including phenoxy) is 1. The summed E-state index contributed by atoms with van der Waals surface area (Å²) < 4.78 is 4.98. The van der Waals surface area contributed by atoms with Crippen molar-refractivity contribution < 1.29 is 14.3 Å². The van der Waals surface area contributed by atoms with E-state index >= 15 is 0 Å². The first-order valence-electron chi connectivity index (χ1n) is 7.94. The molecular formula is C17H24N2O3. The number of piperidine rings is 1. The standard InChI is InChI=1S/C17H24N2O3/c1-2-22-17(21)19-12-9-15(10-13-19)16(20)18-11-8-14-6-4-3-5-7-14/h3-7,15H,2,8-13H2,1H3,(H,18,20). The molecule has 0 atom stereocenters. The van der Waals surface area contributed by atoms with Gasteiger partial charge >= 0.3 is 6.09 Å². The maximum atomic E-state index is 12.1. The monoisotopic (exact) mass is 304 g/mol. The number of likely N-dealkylation sites (tertiary alicyclic amines) is 1. The Labute approximate surface area is 131 Å². The van der Waals surface area contributed by atoms with Gasteiger partial charge in [0.1, 0.15) is 0 Å². The van der Waals surface area contributed by atoms with E-state index in [0.29, 0.717) is 39.1 Å². The zero-order valence-electron chi connectivity index (χ0n) is 13.1. The van der Waals surface area contributed by atoms with E-state index in [4.69, 9.17) is 4.74 Å². The predicted molar refractivity (Wildman–Crippen MR) is 84.5 cm³/mol. The van der Waals surface area contributed by atoms with Crippen LogP contribution in [0.3, 0.4) is 0 Å². The number of hydrogen-bond donors (Lipinski definition) is 1. The summed E-state index contributed by atoms with van der Waals surface area (Å²) in [5, 5.41) is 3.00. The third kappa shape index (κ3) is 4.76. The number of nitrogens with zero attached hydrogens (tertiary/aromatic N) is 1. The molecule has 1 aliphatic rings. The van der Waals surface area contributed by atoms with Crippen molar-refractivity contribution in [2.75, 3.05) is 26.2 Å². The van der Waals surface area contributed by atoms with Crippen molar-refractivity contribution in [3.05, 3.63) is 35.9 Å². The number of amides is 2. The van der Waals surface area contributed by atoms with E-state index in [1.807, 2.05) is 18.2 Å². The van der Waals surface area contributed by atoms with Gasteiger partial charge in [-0.1, -0.05) is 30.3 Å². The lowest BCUT2D eigenvalue weighted by molar-refractivity contribution is -0.126. The lowest BCUT2D eigenvalue weighted by Gasteiger charge is -2.30. The first-order chi connectivity index (χ1) is 10.7. The molecular weight excluding hydrogens is 280 g/mol. The first kappa shape index (κ1) is 16.3. The first-order valence-corrected chi connectivity index (χ1v) is 7.94. The van der Waals surface area contributed by atoms with Crippen LogP contribution in [0.15, 0.2) is 30.3 Å². The van der Waals surface area contributed by atoms with Crippen LogP contribution in [0.2, 0.25) is 0 Å². The summed E-state index contributed by atoms with van der Waals surface area (Å²) in [6, 6.07) is 10.1. The Morgan fingerprint density at radius 3 is 2.55 bits per heavy atom. The quantitative estimate of drug-likeness (QED) is 0.907. The van der Waals surface area contributed by atoms with Crippen LogP contribution in [0.4, 0.5) is 4.79 Å². The predicted octanol–water partition coefficient (Wildman–Crippen LogP) is 2.21. The molecule has 1 aromatic carbocycles. The lowest BCUT2D eigenvalue weighted by atomic mass is 9.96. The molecule has 0 aromatic heterocycles. The highest BCUT2D eigenvalue weighted by Crippen LogP contribution is 2.18. The number of benzene rings is 1. The second-order valence-corrected chi connectivity index (χ2v) is 5.49. The second-order valence-electron chi connectivity index (χ2n) is 5.49. The molecule has 0 spiro atoms. The molecule has 1 fully saturated rings. The molecule has 2 amide bonds. The summed E-state index contributed by atoms with van der Waals surface area (Å²) in [7, 11) is 0. The summed E-state index contributed by atoms with van der Waals surface area (Å²) >= 11 is 0. The largest absolute Gasteiger partial charge is 0.450 e. The van der Waals surface area contributed by atoms with Gasteiger partial charge in [-0.25, -0.2) is 4.79 Å². The molecule has 0 radical (unpaired) electrons. The fourth-order valence-electron chi connectivity index (χ4n) is 2.66. The molecule has 2 rings (SSSR count). The Kier molecular flexibility index (Phi) is 6.25. The Bertz CT molecular complexity index is 482. The van der Waals surface area contributed by atoms with Crippen LogP contribution >= 0.6 is 0 Å². The number of nitrogens with one attached hydrogen (secondary N) is 1. The van der Waals surface area contributed by atoms with Crippen LogP contribution in [-0.4, -0.2) is 43.1 Å². The molecule has 5 nitrogen and oxygen atoms in total. The maximum Gasteiger partial charge on any atom is 0.409 e. The lowest BCUT2D eigenvalue weighted by Crippen LogP contribution is -2.43. The number of carbonyl (C=O) groups is 2. The molecule has 5 heteroatoms. The van der Waals surface area contributed by atoms with Crippen molar-refractivity contribution in [3.8, 4) is 0 Å². The van der Waals surface area contributed by atoms with E-state index in [0.717, 1.165) is 6.42 Å². The molecule has 0 saturated carbocycles. The third-order valence-electron chi connectivity index (χ3n) is 3.95. The van der Waals surface area contributed by atoms with E-state index in [-0.39, 0.29) is 17.9 Å². The minimum absolute atomic E-state index is 0.00134. The molecule has 120 valence electrons. The molecule has 0 bridgehead atoms. The molecule has 1 aromatic rings. The Hall–Kier alpha value is -2.04. The van der Waals surface area contributed by atoms with Crippen LogP contribution in [0, 0.1) is 5.92 Å². The Morgan fingerprint density at radius 1 is 1.23 bits per heavy atom. The Balaban J connectivity index is 1.68. The average Bonchev–Trinajstić information content (AvgIpc) is 2.56. The van der Waals surface area contributed by atoms with Crippen molar-refractivity contribution in [3.63, 3.8) is 0 Å². The van der Waals surface area contributed by atoms with Crippen molar-refractivity contribution in [2.45, 2.75) is 26.2 Å². The van der Waals surface area contributed by atoms with Gasteiger partial charge in [-0.2, -0.15) is 0 Å². The highest BCUT2D eigenvalue weighted by atomic mass is 16.6. The van der Waals surface area contributed by atoms with Crippen LogP contribution in [0.1, 0.15) is 25.3 Å². The fraction of sp³-hybridized carbons (Fsp3) is 0.529. The molecule has 1 saturated heterocycles. The molecule has 1 aliphatic heterocycles. The van der Waals surface area contributed by atoms with Crippen molar-refractivity contribution in [1.29, 1.82) is 0 Å². The van der Waals surface area contributed by atoms with E-state index in [1.165, 1.54) is 5.56 Å². The molecule has 1 N–H and O–H groups in total. The third-order valence-corrected chi connectivity index (χ3v) is 3.95. The summed E-state index contributed by atoms with van der Waals surface area (Å²) in [6.07, 6.45) is 1.98. The molecule has 22 heavy (non-hydrogen) atoms. The van der Waals surface area contributed by atoms with Gasteiger partial charge in [-0.05, 0) is 31.7 Å². The normalized spacial score (nSPS) is 15.4. The van der Waals surface area contributed by atoms with Gasteiger partial charge in [0.15, 0.2) is 0 Å². The topological polar surface area (TPSA) is 58.6 Å². The molecule has 1 heterocycles. The van der Waals surface area contributed by atoms with Crippen LogP contribution in [0.25, 0.3) is 0 Å². The highest BCUT2D eigenvalue weighted by Gasteiger charge is 2.27. The minimum atomic E-state index is -0.273. The van der Waals surface area contributed by atoms with Gasteiger partial charge < -0.3 is 15.0 Å². The summed E-state index contributed by atoms with van der Waals surface area (Å²) in [6.45, 7) is 4.02.